The molecule has 0 saturated carbocycles. The van der Waals surface area contributed by atoms with Crippen LogP contribution in [0.1, 0.15) is 26.2 Å². The van der Waals surface area contributed by atoms with Gasteiger partial charge in [-0.2, -0.15) is 4.31 Å². The van der Waals surface area contributed by atoms with E-state index in [1.165, 1.54) is 16.4 Å². The molecule has 1 fully saturated rings. The second-order valence-corrected chi connectivity index (χ2v) is 7.51. The van der Waals surface area contributed by atoms with Gasteiger partial charge in [-0.25, -0.2) is 8.42 Å². The first-order valence-corrected chi connectivity index (χ1v) is 9.26. The van der Waals surface area contributed by atoms with Crippen molar-refractivity contribution >= 4 is 22.4 Å². The van der Waals surface area contributed by atoms with Crippen LogP contribution in [0.15, 0.2) is 29.2 Å². The van der Waals surface area contributed by atoms with Crippen molar-refractivity contribution in [1.82, 2.24) is 9.62 Å². The Morgan fingerprint density at radius 3 is 2.48 bits per heavy atom. The molecule has 1 aliphatic heterocycles. The molecule has 144 valence electrons. The van der Waals surface area contributed by atoms with E-state index in [9.17, 15) is 21.6 Å². The predicted octanol–water partition coefficient (Wildman–Crippen LogP) is 3.16. The van der Waals surface area contributed by atoms with E-state index in [0.717, 1.165) is 25.2 Å². The average molecular weight is 403 g/mol. The van der Waals surface area contributed by atoms with Crippen LogP contribution >= 0.6 is 12.4 Å². The fourth-order valence-corrected chi connectivity index (χ4v) is 4.59. The molecule has 0 atom stereocenters. The molecule has 0 bridgehead atoms. The third-order valence-electron chi connectivity index (χ3n) is 3.81. The number of hydrogen-bond donors (Lipinski definition) is 1. The van der Waals surface area contributed by atoms with E-state index in [4.69, 9.17) is 0 Å². The van der Waals surface area contributed by atoms with Gasteiger partial charge in [-0.15, -0.1) is 25.6 Å². The van der Waals surface area contributed by atoms with Gasteiger partial charge < -0.3 is 10.1 Å². The van der Waals surface area contributed by atoms with Crippen molar-refractivity contribution in [2.75, 3.05) is 19.6 Å². The quantitative estimate of drug-likeness (QED) is 0.794. The van der Waals surface area contributed by atoms with Gasteiger partial charge in [0.15, 0.2) is 0 Å². The topological polar surface area (TPSA) is 58.6 Å². The lowest BCUT2D eigenvalue weighted by atomic mass is 10.1. The molecule has 2 rings (SSSR count). The molecule has 1 aliphatic rings. The number of ether oxygens (including phenoxy) is 1. The summed E-state index contributed by atoms with van der Waals surface area (Å²) in [5.74, 6) is -0.537. The normalized spacial score (nSPS) is 16.5. The lowest BCUT2D eigenvalue weighted by Gasteiger charge is -2.33. The van der Waals surface area contributed by atoms with E-state index in [0.29, 0.717) is 25.8 Å². The van der Waals surface area contributed by atoms with E-state index in [1.807, 2.05) is 6.92 Å². The molecule has 1 saturated heterocycles. The Hall–Kier alpha value is -1.03. The van der Waals surface area contributed by atoms with Gasteiger partial charge in [0.2, 0.25) is 10.0 Å². The summed E-state index contributed by atoms with van der Waals surface area (Å²) in [7, 11) is -3.88. The summed E-state index contributed by atoms with van der Waals surface area (Å²) in [6.45, 7) is 3.64. The van der Waals surface area contributed by atoms with E-state index in [2.05, 4.69) is 10.1 Å². The maximum absolute atomic E-state index is 12.9. The summed E-state index contributed by atoms with van der Waals surface area (Å²) < 4.78 is 68.1. The zero-order valence-electron chi connectivity index (χ0n) is 13.8. The lowest BCUT2D eigenvalue weighted by molar-refractivity contribution is -0.274. The van der Waals surface area contributed by atoms with E-state index < -0.39 is 22.1 Å². The van der Waals surface area contributed by atoms with Crippen molar-refractivity contribution in [2.45, 2.75) is 43.5 Å². The Morgan fingerprint density at radius 1 is 1.28 bits per heavy atom. The smallest absolute Gasteiger partial charge is 0.406 e. The van der Waals surface area contributed by atoms with Crippen LogP contribution in [0.25, 0.3) is 0 Å². The number of nitrogens with zero attached hydrogens (tertiary/aromatic N) is 1. The van der Waals surface area contributed by atoms with E-state index >= 15 is 0 Å². The Morgan fingerprint density at radius 2 is 1.92 bits per heavy atom. The van der Waals surface area contributed by atoms with Gasteiger partial charge in [0.05, 0.1) is 4.90 Å². The minimum atomic E-state index is -4.86. The fourth-order valence-electron chi connectivity index (χ4n) is 2.78. The third-order valence-corrected chi connectivity index (χ3v) is 5.75. The monoisotopic (exact) mass is 402 g/mol. The molecule has 1 N–H and O–H groups in total. The van der Waals surface area contributed by atoms with Gasteiger partial charge in [-0.1, -0.05) is 13.0 Å². The van der Waals surface area contributed by atoms with Crippen molar-refractivity contribution in [3.05, 3.63) is 24.3 Å². The highest BCUT2D eigenvalue weighted by atomic mass is 35.5. The molecule has 1 aromatic carbocycles. The van der Waals surface area contributed by atoms with Gasteiger partial charge >= 0.3 is 6.36 Å². The number of sulfonamides is 1. The average Bonchev–Trinajstić information content (AvgIpc) is 2.52. The van der Waals surface area contributed by atoms with E-state index in [-0.39, 0.29) is 23.3 Å². The van der Waals surface area contributed by atoms with Crippen molar-refractivity contribution in [1.29, 1.82) is 0 Å². The molecule has 1 aromatic rings. The molecule has 0 spiro atoms. The fraction of sp³-hybridized carbons (Fsp3) is 0.600. The number of benzene rings is 1. The zero-order chi connectivity index (χ0) is 17.8. The van der Waals surface area contributed by atoms with Crippen LogP contribution < -0.4 is 10.1 Å². The van der Waals surface area contributed by atoms with Gasteiger partial charge in [-0.3, -0.25) is 0 Å². The van der Waals surface area contributed by atoms with Crippen LogP contribution in [0.4, 0.5) is 13.2 Å². The number of halogens is 4. The molecular formula is C15H22ClF3N2O3S. The van der Waals surface area contributed by atoms with E-state index in [1.54, 1.807) is 0 Å². The summed E-state index contributed by atoms with van der Waals surface area (Å²) in [6.07, 6.45) is -2.88. The van der Waals surface area contributed by atoms with Crippen LogP contribution in [0, 0.1) is 0 Å². The molecule has 10 heteroatoms. The standard InChI is InChI=1S/C15H21F3N2O3S.ClH/c1-2-10-20(12-6-8-19-9-7-12)24(21,22)14-5-3-4-13(11-14)23-15(16,17)18;/h3-5,11-12,19H,2,6-10H2,1H3;1H. The molecular weight excluding hydrogens is 381 g/mol. The molecule has 0 aliphatic carbocycles. The number of alkyl halides is 3. The van der Waals surface area contributed by atoms with Crippen LogP contribution in [0.5, 0.6) is 5.75 Å². The summed E-state index contributed by atoms with van der Waals surface area (Å²) in [6, 6.07) is 4.40. The second-order valence-electron chi connectivity index (χ2n) is 5.62. The van der Waals surface area contributed by atoms with Crippen LogP contribution in [0.3, 0.4) is 0 Å². The first-order chi connectivity index (χ1) is 11.2. The molecule has 25 heavy (non-hydrogen) atoms. The minimum absolute atomic E-state index is 0. The largest absolute Gasteiger partial charge is 0.573 e. The summed E-state index contributed by atoms with van der Waals surface area (Å²) in [5.41, 5.74) is 0. The zero-order valence-corrected chi connectivity index (χ0v) is 15.4. The first-order valence-electron chi connectivity index (χ1n) is 7.82. The highest BCUT2D eigenvalue weighted by Crippen LogP contribution is 2.28. The maximum atomic E-state index is 12.9. The van der Waals surface area contributed by atoms with Gasteiger partial charge in [0.25, 0.3) is 0 Å². The Balaban J connectivity index is 0.00000312. The van der Waals surface area contributed by atoms with Gasteiger partial charge in [0.1, 0.15) is 5.75 Å². The molecule has 0 unspecified atom stereocenters. The highest BCUT2D eigenvalue weighted by molar-refractivity contribution is 7.89. The Labute approximate surface area is 152 Å². The number of hydrogen-bond acceptors (Lipinski definition) is 4. The number of rotatable bonds is 6. The lowest BCUT2D eigenvalue weighted by Crippen LogP contribution is -2.46. The molecule has 0 aromatic heterocycles. The summed E-state index contributed by atoms with van der Waals surface area (Å²) >= 11 is 0. The van der Waals surface area contributed by atoms with Crippen LogP contribution in [0.2, 0.25) is 0 Å². The van der Waals surface area contributed by atoms with Crippen molar-refractivity contribution < 1.29 is 26.3 Å². The van der Waals surface area contributed by atoms with Gasteiger partial charge in [0, 0.05) is 18.7 Å². The van der Waals surface area contributed by atoms with Crippen molar-refractivity contribution in [3.8, 4) is 5.75 Å². The van der Waals surface area contributed by atoms with Gasteiger partial charge in [-0.05, 0) is 44.5 Å². The summed E-state index contributed by atoms with van der Waals surface area (Å²) in [4.78, 5) is -0.184. The van der Waals surface area contributed by atoms with Crippen LogP contribution in [-0.2, 0) is 10.0 Å². The number of nitrogens with one attached hydrogen (secondary N) is 1. The SMILES string of the molecule is CCCN(C1CCNCC1)S(=O)(=O)c1cccc(OC(F)(F)F)c1.Cl. The second kappa shape index (κ2) is 9.07. The molecule has 0 amide bonds. The van der Waals surface area contributed by atoms with Crippen LogP contribution in [-0.4, -0.2) is 44.8 Å². The Bertz CT molecular complexity index is 650. The summed E-state index contributed by atoms with van der Waals surface area (Å²) in [5, 5.41) is 3.17. The predicted molar refractivity (Wildman–Crippen MR) is 90.4 cm³/mol. The molecule has 1 heterocycles. The number of piperidine rings is 1. The third kappa shape index (κ3) is 6.02. The minimum Gasteiger partial charge on any atom is -0.406 e. The van der Waals surface area contributed by atoms with Crippen molar-refractivity contribution in [3.63, 3.8) is 0 Å². The first kappa shape index (κ1) is 22.0. The highest BCUT2D eigenvalue weighted by Gasteiger charge is 2.34. The van der Waals surface area contributed by atoms with Crippen molar-refractivity contribution in [2.24, 2.45) is 0 Å². The molecule has 0 radical (unpaired) electrons. The Kier molecular flexibility index (Phi) is 7.98. The maximum Gasteiger partial charge on any atom is 0.573 e. The molecule has 5 nitrogen and oxygen atoms in total.